The van der Waals surface area contributed by atoms with Gasteiger partial charge in [-0.15, -0.1) is 4.48 Å². The van der Waals surface area contributed by atoms with E-state index in [0.717, 1.165) is 20.8 Å². The molecule has 0 aliphatic carbocycles. The second-order valence-corrected chi connectivity index (χ2v) is 14.9. The molecule has 61 heavy (non-hydrogen) atoms. The third kappa shape index (κ3) is 13.7. The van der Waals surface area contributed by atoms with Gasteiger partial charge in [-0.05, 0) is 44.4 Å². The number of ether oxygens (including phenoxy) is 1. The largest absolute Gasteiger partial charge is 0.438 e. The molecule has 0 aromatic heterocycles. The van der Waals surface area contributed by atoms with Crippen molar-refractivity contribution in [3.8, 4) is 0 Å². The third-order valence-electron chi connectivity index (χ3n) is 9.91. The SMILES string of the molecule is CC(=O)N(O)CCC[C@H](NC(=O)[C@H](CCCN(O)C(C)=O)NC(=O)[C@@H](N)CCCN(O)C(C)=O)C(=O)N[C@H](C(=O)[N+]1([C@@H]2O[C@H](CO)[C@@H](O)[C@H]2O)C=C(F)C(=O)NC1=O)C(C)C. The predicted octanol–water partition coefficient (Wildman–Crippen LogP) is -3.68. The van der Waals surface area contributed by atoms with Crippen LogP contribution >= 0.6 is 0 Å². The molecule has 0 radical (unpaired) electrons. The van der Waals surface area contributed by atoms with Crippen molar-refractivity contribution in [2.75, 3.05) is 26.2 Å². The van der Waals surface area contributed by atoms with Gasteiger partial charge in [0.2, 0.25) is 47.5 Å². The van der Waals surface area contributed by atoms with Crippen molar-refractivity contribution in [2.45, 2.75) is 122 Å². The average molecular weight is 879 g/mol. The van der Waals surface area contributed by atoms with Gasteiger partial charge in [-0.3, -0.25) is 49.2 Å². The molecule has 0 bridgehead atoms. The minimum Gasteiger partial charge on any atom is -0.394 e. The number of hydrogen-bond acceptors (Lipinski definition) is 17. The number of rotatable bonds is 22. The van der Waals surface area contributed by atoms with Gasteiger partial charge < -0.3 is 41.7 Å². The maximum atomic E-state index is 15.0. The Labute approximate surface area is 349 Å². The van der Waals surface area contributed by atoms with Crippen LogP contribution in [0.2, 0.25) is 0 Å². The third-order valence-corrected chi connectivity index (χ3v) is 9.91. The highest BCUT2D eigenvalue weighted by molar-refractivity contribution is 6.06. The Hall–Kier alpha value is -5.06. The fourth-order valence-electron chi connectivity index (χ4n) is 6.28. The molecule has 26 heteroatoms. The Morgan fingerprint density at radius 3 is 1.66 bits per heavy atom. The van der Waals surface area contributed by atoms with Crippen molar-refractivity contribution in [1.29, 1.82) is 0 Å². The summed E-state index contributed by atoms with van der Waals surface area (Å²) in [6, 6.07) is -7.86. The number of hydrogen-bond donors (Lipinski definition) is 11. The van der Waals surface area contributed by atoms with Gasteiger partial charge in [-0.1, -0.05) is 13.8 Å². The van der Waals surface area contributed by atoms with E-state index in [1.165, 1.54) is 13.8 Å². The van der Waals surface area contributed by atoms with Crippen molar-refractivity contribution in [3.05, 3.63) is 12.0 Å². The Morgan fingerprint density at radius 1 is 0.787 bits per heavy atom. The monoisotopic (exact) mass is 878 g/mol. The van der Waals surface area contributed by atoms with Crippen LogP contribution in [0.1, 0.15) is 73.1 Å². The molecule has 344 valence electrons. The van der Waals surface area contributed by atoms with Crippen molar-refractivity contribution in [2.24, 2.45) is 11.7 Å². The summed E-state index contributed by atoms with van der Waals surface area (Å²) in [4.78, 5) is 116. The lowest BCUT2D eigenvalue weighted by Gasteiger charge is -2.39. The van der Waals surface area contributed by atoms with Crippen molar-refractivity contribution < 1.29 is 87.7 Å². The standard InChI is InChI=1S/C35H56FN9O16/c1-17(2)26(33(56)45(15-21(36)29(52)41-35(45)57)34-28(51)27(50)25(16-46)61-34)40-32(55)24(11-8-14-44(60)20(5)49)39-31(54)23(10-7-13-43(59)19(4)48)38-30(53)22(37)9-6-12-42(58)18(3)47/h15,17,22-28,34,46,50-51,58-60H,6-14,16,37H2,1-5H3,(H3-,38,39,40,41,52,53,54,55,57)/p+1/t22-,23-,24-,25+,26-,27+,28+,34+,45?/m0/s1. The summed E-state index contributed by atoms with van der Waals surface area (Å²) < 4.78 is 18.5. The van der Waals surface area contributed by atoms with E-state index in [0.29, 0.717) is 15.2 Å². The van der Waals surface area contributed by atoms with Gasteiger partial charge in [0.15, 0.2) is 12.3 Å². The van der Waals surface area contributed by atoms with Crippen LogP contribution in [0.15, 0.2) is 12.0 Å². The molecule has 25 nitrogen and oxygen atoms in total. The Morgan fingerprint density at radius 2 is 1.23 bits per heavy atom. The van der Waals surface area contributed by atoms with Gasteiger partial charge in [0.1, 0.15) is 30.3 Å². The quantitative estimate of drug-likeness (QED) is 0.0283. The fourth-order valence-corrected chi connectivity index (χ4v) is 6.28. The summed E-state index contributed by atoms with van der Waals surface area (Å²) in [5.41, 5.74) is 6.00. The number of halogens is 1. The lowest BCUT2D eigenvalue weighted by Crippen LogP contribution is -2.72. The Kier molecular flexibility index (Phi) is 19.8. The number of urea groups is 1. The first kappa shape index (κ1) is 52.1. The zero-order chi connectivity index (χ0) is 46.5. The molecule has 12 N–H and O–H groups in total. The zero-order valence-corrected chi connectivity index (χ0v) is 34.4. The molecule has 1 unspecified atom stereocenters. The van der Waals surface area contributed by atoms with E-state index in [-0.39, 0.29) is 64.4 Å². The molecule has 0 aromatic rings. The number of carbonyl (C=O) groups is 9. The van der Waals surface area contributed by atoms with E-state index in [4.69, 9.17) is 10.5 Å². The summed E-state index contributed by atoms with van der Waals surface area (Å²) in [6.45, 7) is 4.20. The summed E-state index contributed by atoms with van der Waals surface area (Å²) in [7, 11) is 0. The number of aliphatic hydroxyl groups excluding tert-OH is 3. The number of amides is 10. The predicted molar refractivity (Wildman–Crippen MR) is 200 cm³/mol. The van der Waals surface area contributed by atoms with E-state index in [9.17, 15) is 74.1 Å². The molecule has 0 aromatic carbocycles. The first-order valence-electron chi connectivity index (χ1n) is 19.3. The van der Waals surface area contributed by atoms with E-state index in [1.54, 1.807) is 5.32 Å². The lowest BCUT2D eigenvalue weighted by molar-refractivity contribution is -0.785. The summed E-state index contributed by atoms with van der Waals surface area (Å²) in [5, 5.41) is 70.4. The maximum Gasteiger partial charge on any atom is 0.438 e. The summed E-state index contributed by atoms with van der Waals surface area (Å²) >= 11 is 0. The average Bonchev–Trinajstić information content (AvgIpc) is 3.48. The maximum absolute atomic E-state index is 15.0. The molecule has 2 heterocycles. The van der Waals surface area contributed by atoms with Crippen LogP contribution in [0.4, 0.5) is 9.18 Å². The van der Waals surface area contributed by atoms with Crippen LogP contribution in [0.25, 0.3) is 0 Å². The van der Waals surface area contributed by atoms with Crippen LogP contribution in [0.5, 0.6) is 0 Å². The van der Waals surface area contributed by atoms with Crippen LogP contribution in [0, 0.1) is 5.92 Å². The normalized spacial score (nSPS) is 23.1. The van der Waals surface area contributed by atoms with Crippen molar-refractivity contribution in [1.82, 2.24) is 36.5 Å². The molecule has 1 saturated heterocycles. The Balaban J connectivity index is 2.52. The number of nitrogens with two attached hydrogens (primary N) is 1. The first-order chi connectivity index (χ1) is 28.4. The van der Waals surface area contributed by atoms with Crippen LogP contribution in [-0.4, -0.2) is 179 Å². The summed E-state index contributed by atoms with van der Waals surface area (Å²) in [5.74, 6) is -10.9. The number of carbonyl (C=O) groups excluding carboxylic acids is 9. The number of nitrogens with zero attached hydrogens (tertiary/aromatic N) is 4. The highest BCUT2D eigenvalue weighted by Crippen LogP contribution is 2.35. The first-order valence-corrected chi connectivity index (χ1v) is 19.3. The number of nitrogens with one attached hydrogen (secondary N) is 4. The topological polar surface area (TPSA) is 368 Å². The van der Waals surface area contributed by atoms with Crippen molar-refractivity contribution in [3.63, 3.8) is 0 Å². The van der Waals surface area contributed by atoms with E-state index in [1.807, 2.05) is 0 Å². The van der Waals surface area contributed by atoms with Gasteiger partial charge in [0, 0.05) is 40.4 Å². The van der Waals surface area contributed by atoms with Crippen LogP contribution < -0.4 is 27.0 Å². The fraction of sp³-hybridized carbons (Fsp3) is 0.686. The molecule has 1 fully saturated rings. The molecule has 2 aliphatic heterocycles. The van der Waals surface area contributed by atoms with Crippen molar-refractivity contribution >= 4 is 53.3 Å². The zero-order valence-electron chi connectivity index (χ0n) is 34.4. The number of quaternary nitrogens is 1. The lowest BCUT2D eigenvalue weighted by atomic mass is 9.98. The summed E-state index contributed by atoms with van der Waals surface area (Å²) in [6.07, 6.45) is -8.50. The highest BCUT2D eigenvalue weighted by atomic mass is 19.1. The van der Waals surface area contributed by atoms with Gasteiger partial charge in [0.25, 0.3) is 5.91 Å². The minimum absolute atomic E-state index is 0.0641. The molecule has 10 amide bonds. The molecular formula is C35H57FN9O16+. The molecule has 0 spiro atoms. The molecule has 9 atom stereocenters. The van der Waals surface area contributed by atoms with Gasteiger partial charge in [0.05, 0.1) is 12.6 Å². The van der Waals surface area contributed by atoms with Crippen LogP contribution in [-0.2, 0) is 43.1 Å². The number of imide groups is 2. The van der Waals surface area contributed by atoms with E-state index < -0.39 is 125 Å². The highest BCUT2D eigenvalue weighted by Gasteiger charge is 2.64. The number of aliphatic hydroxyl groups is 3. The second-order valence-electron chi connectivity index (χ2n) is 14.9. The van der Waals surface area contributed by atoms with Gasteiger partial charge in [-0.2, -0.15) is 4.39 Å². The second kappa shape index (κ2) is 23.2. The molecular weight excluding hydrogens is 821 g/mol. The van der Waals surface area contributed by atoms with Crippen LogP contribution in [0.3, 0.4) is 0 Å². The molecule has 2 aliphatic rings. The van der Waals surface area contributed by atoms with E-state index in [2.05, 4.69) is 16.0 Å². The number of hydroxylamine groups is 6. The minimum atomic E-state index is -2.17. The molecule has 0 saturated carbocycles. The van der Waals surface area contributed by atoms with Gasteiger partial charge in [-0.25, -0.2) is 30.1 Å². The smallest absolute Gasteiger partial charge is 0.394 e. The Bertz CT molecular complexity index is 1690. The van der Waals surface area contributed by atoms with Gasteiger partial charge >= 0.3 is 11.9 Å². The molecule has 2 rings (SSSR count). The van der Waals surface area contributed by atoms with E-state index >= 15 is 4.39 Å².